The summed E-state index contributed by atoms with van der Waals surface area (Å²) in [6, 6.07) is 0. The van der Waals surface area contributed by atoms with Gasteiger partial charge in [0, 0.05) is 13.0 Å². The van der Waals surface area contributed by atoms with Crippen LogP contribution in [0, 0.1) is 5.92 Å². The smallest absolute Gasteiger partial charge is 0.335 e. The third-order valence-corrected chi connectivity index (χ3v) is 5.21. The SMILES string of the molecule is CN1C(=O)S/C(=C\C2C=CC=C(C3=CC(C(=O)O)=CCC3)C2)C1=O. The van der Waals surface area contributed by atoms with Gasteiger partial charge in [0.2, 0.25) is 0 Å². The molecule has 1 saturated heterocycles. The Morgan fingerprint density at radius 1 is 1.38 bits per heavy atom. The molecule has 5 nitrogen and oxygen atoms in total. The fraction of sp³-hybridized carbons (Fsp3) is 0.278. The van der Waals surface area contributed by atoms with Gasteiger partial charge < -0.3 is 5.11 Å². The summed E-state index contributed by atoms with van der Waals surface area (Å²) in [5, 5.41) is 8.89. The normalized spacial score (nSPS) is 25.7. The molecule has 1 atom stereocenters. The summed E-state index contributed by atoms with van der Waals surface area (Å²) >= 11 is 0.960. The molecule has 3 rings (SSSR count). The molecule has 1 unspecified atom stereocenters. The van der Waals surface area contributed by atoms with Crippen LogP contribution in [-0.4, -0.2) is 34.2 Å². The first-order valence-electron chi connectivity index (χ1n) is 7.69. The highest BCUT2D eigenvalue weighted by molar-refractivity contribution is 8.18. The molecule has 1 heterocycles. The number of carbonyl (C=O) groups is 3. The van der Waals surface area contributed by atoms with Gasteiger partial charge in [0.05, 0.1) is 10.5 Å². The predicted octanol–water partition coefficient (Wildman–Crippen LogP) is 3.43. The number of rotatable bonds is 3. The maximum absolute atomic E-state index is 12.0. The van der Waals surface area contributed by atoms with Crippen molar-refractivity contribution in [2.45, 2.75) is 19.3 Å². The van der Waals surface area contributed by atoms with Crippen molar-refractivity contribution >= 4 is 28.9 Å². The zero-order valence-electron chi connectivity index (χ0n) is 13.2. The monoisotopic (exact) mass is 343 g/mol. The van der Waals surface area contributed by atoms with Crippen LogP contribution in [0.25, 0.3) is 0 Å². The molecule has 1 aliphatic heterocycles. The van der Waals surface area contributed by atoms with Gasteiger partial charge in [-0.25, -0.2) is 4.79 Å². The van der Waals surface area contributed by atoms with Crippen molar-refractivity contribution < 1.29 is 19.5 Å². The van der Waals surface area contributed by atoms with E-state index in [1.54, 1.807) is 12.2 Å². The third kappa shape index (κ3) is 3.28. The van der Waals surface area contributed by atoms with Crippen LogP contribution in [0.3, 0.4) is 0 Å². The molecule has 1 fully saturated rings. The number of imide groups is 1. The van der Waals surface area contributed by atoms with Gasteiger partial charge in [0.1, 0.15) is 0 Å². The third-order valence-electron chi connectivity index (χ3n) is 4.23. The number of hydrogen-bond acceptors (Lipinski definition) is 4. The lowest BCUT2D eigenvalue weighted by molar-refractivity contribution is -0.132. The average molecular weight is 343 g/mol. The zero-order chi connectivity index (χ0) is 17.3. The number of likely N-dealkylation sites (N-methyl/N-ethyl adjacent to an activating group) is 1. The molecule has 2 amide bonds. The van der Waals surface area contributed by atoms with Crippen LogP contribution < -0.4 is 0 Å². The molecule has 0 aromatic heterocycles. The van der Waals surface area contributed by atoms with E-state index >= 15 is 0 Å². The van der Waals surface area contributed by atoms with Crippen molar-refractivity contribution in [3.05, 3.63) is 58.1 Å². The van der Waals surface area contributed by atoms with E-state index in [2.05, 4.69) is 0 Å². The van der Waals surface area contributed by atoms with E-state index in [-0.39, 0.29) is 17.1 Å². The highest BCUT2D eigenvalue weighted by Gasteiger charge is 2.32. The fourth-order valence-corrected chi connectivity index (χ4v) is 3.79. The van der Waals surface area contributed by atoms with Gasteiger partial charge in [-0.15, -0.1) is 0 Å². The van der Waals surface area contributed by atoms with Crippen molar-refractivity contribution in [2.75, 3.05) is 7.05 Å². The number of nitrogens with zero attached hydrogens (tertiary/aromatic N) is 1. The summed E-state index contributed by atoms with van der Waals surface area (Å²) in [5.41, 5.74) is 2.44. The number of aliphatic carboxylic acids is 1. The fourth-order valence-electron chi connectivity index (χ4n) is 2.92. The first kappa shape index (κ1) is 16.5. The molecule has 0 aromatic carbocycles. The standard InChI is InChI=1S/C18H17NO4S/c1-19-16(20)15(24-18(19)23)9-11-4-2-5-12(8-11)13-6-3-7-14(10-13)17(21)22/h2,4-5,7,9-11H,3,6,8H2,1H3,(H,21,22)/b15-9-. The molecular formula is C18H17NO4S. The Hall–Kier alpha value is -2.34. The second-order valence-corrected chi connectivity index (χ2v) is 6.87. The Kier molecular flexibility index (Phi) is 4.57. The van der Waals surface area contributed by atoms with Crippen molar-refractivity contribution in [3.8, 4) is 0 Å². The number of carbonyl (C=O) groups excluding carboxylic acids is 2. The van der Waals surface area contributed by atoms with Crippen LogP contribution in [-0.2, 0) is 9.59 Å². The second-order valence-electron chi connectivity index (χ2n) is 5.88. The Morgan fingerprint density at radius 3 is 2.83 bits per heavy atom. The minimum atomic E-state index is -0.910. The van der Waals surface area contributed by atoms with Crippen molar-refractivity contribution in [2.24, 2.45) is 5.92 Å². The largest absolute Gasteiger partial charge is 0.478 e. The first-order chi connectivity index (χ1) is 11.5. The van der Waals surface area contributed by atoms with Gasteiger partial charge in [0.15, 0.2) is 0 Å². The summed E-state index contributed by atoms with van der Waals surface area (Å²) in [6.07, 6.45) is 13.4. The van der Waals surface area contributed by atoms with Crippen LogP contribution in [0.2, 0.25) is 0 Å². The Balaban J connectivity index is 1.76. The van der Waals surface area contributed by atoms with Gasteiger partial charge in [-0.3, -0.25) is 14.5 Å². The summed E-state index contributed by atoms with van der Waals surface area (Å²) < 4.78 is 0. The number of carboxylic acids is 1. The number of thioether (sulfide) groups is 1. The van der Waals surface area contributed by atoms with E-state index in [1.807, 2.05) is 24.3 Å². The highest BCUT2D eigenvalue weighted by atomic mass is 32.2. The number of amides is 2. The number of carboxylic acid groups (broad SMARTS) is 1. The lowest BCUT2D eigenvalue weighted by atomic mass is 9.85. The van der Waals surface area contributed by atoms with Gasteiger partial charge in [-0.2, -0.15) is 0 Å². The van der Waals surface area contributed by atoms with Crippen molar-refractivity contribution in [3.63, 3.8) is 0 Å². The molecule has 124 valence electrons. The molecular weight excluding hydrogens is 326 g/mol. The Labute approximate surface area is 144 Å². The lowest BCUT2D eigenvalue weighted by Gasteiger charge is -2.20. The number of hydrogen-bond donors (Lipinski definition) is 1. The Bertz CT molecular complexity index is 770. The van der Waals surface area contributed by atoms with Gasteiger partial charge in [0.25, 0.3) is 11.1 Å². The van der Waals surface area contributed by atoms with Crippen molar-refractivity contribution in [1.29, 1.82) is 0 Å². The van der Waals surface area contributed by atoms with Gasteiger partial charge >= 0.3 is 5.97 Å². The van der Waals surface area contributed by atoms with E-state index in [1.165, 1.54) is 7.05 Å². The molecule has 24 heavy (non-hydrogen) atoms. The first-order valence-corrected chi connectivity index (χ1v) is 8.51. The molecule has 6 heteroatoms. The quantitative estimate of drug-likeness (QED) is 0.795. The van der Waals surface area contributed by atoms with E-state index in [0.717, 1.165) is 34.2 Å². The zero-order valence-corrected chi connectivity index (χ0v) is 14.0. The predicted molar refractivity (Wildman–Crippen MR) is 92.2 cm³/mol. The number of allylic oxidation sites excluding steroid dienone is 7. The molecule has 1 N–H and O–H groups in total. The summed E-state index contributed by atoms with van der Waals surface area (Å²) in [7, 11) is 1.48. The van der Waals surface area contributed by atoms with Gasteiger partial charge in [-0.05, 0) is 48.2 Å². The maximum atomic E-state index is 12.0. The molecule has 0 saturated carbocycles. The molecule has 0 radical (unpaired) electrons. The molecule has 0 bridgehead atoms. The highest BCUT2D eigenvalue weighted by Crippen LogP contribution is 2.35. The van der Waals surface area contributed by atoms with Crippen LogP contribution in [0.1, 0.15) is 19.3 Å². The minimum absolute atomic E-state index is 0.0239. The average Bonchev–Trinajstić information content (AvgIpc) is 2.82. The van der Waals surface area contributed by atoms with E-state index in [9.17, 15) is 14.4 Å². The Morgan fingerprint density at radius 2 is 2.17 bits per heavy atom. The van der Waals surface area contributed by atoms with Crippen LogP contribution in [0.4, 0.5) is 4.79 Å². The summed E-state index contributed by atoms with van der Waals surface area (Å²) in [6.45, 7) is 0. The summed E-state index contributed by atoms with van der Waals surface area (Å²) in [4.78, 5) is 36.3. The van der Waals surface area contributed by atoms with E-state index in [0.29, 0.717) is 23.3 Å². The van der Waals surface area contributed by atoms with E-state index < -0.39 is 5.97 Å². The molecule has 0 spiro atoms. The second kappa shape index (κ2) is 6.65. The van der Waals surface area contributed by atoms with E-state index in [4.69, 9.17) is 5.11 Å². The van der Waals surface area contributed by atoms with Crippen LogP contribution in [0.15, 0.2) is 58.1 Å². The molecule has 3 aliphatic rings. The molecule has 0 aromatic rings. The lowest BCUT2D eigenvalue weighted by Crippen LogP contribution is -2.22. The molecule has 2 aliphatic carbocycles. The van der Waals surface area contributed by atoms with Crippen LogP contribution in [0.5, 0.6) is 0 Å². The van der Waals surface area contributed by atoms with Crippen molar-refractivity contribution in [1.82, 2.24) is 4.90 Å². The summed E-state index contributed by atoms with van der Waals surface area (Å²) in [5.74, 6) is -1.15. The van der Waals surface area contributed by atoms with Crippen LogP contribution >= 0.6 is 11.8 Å². The topological polar surface area (TPSA) is 74.7 Å². The maximum Gasteiger partial charge on any atom is 0.335 e. The van der Waals surface area contributed by atoms with Gasteiger partial charge in [-0.1, -0.05) is 30.4 Å². The minimum Gasteiger partial charge on any atom is -0.478 e.